The Hall–Kier alpha value is -1.39. The number of aliphatic hydroxyl groups is 1. The molecular weight excluding hydrogens is 276 g/mol. The van der Waals surface area contributed by atoms with Crippen LogP contribution in [0.25, 0.3) is 0 Å². The highest BCUT2D eigenvalue weighted by Crippen LogP contribution is 2.32. The van der Waals surface area contributed by atoms with E-state index in [2.05, 4.69) is 22.8 Å². The minimum absolute atomic E-state index is 0.0469. The summed E-state index contributed by atoms with van der Waals surface area (Å²) in [7, 11) is 0. The number of aliphatic hydroxyl groups excluding tert-OH is 1. The standard InChI is InChI=1S/C18H26N2O2/c21-17-12-19-10-16(17)11-20-18(22)15-8-6-14(7-9-15)13-4-2-1-3-5-13/h6-9,13,16-17,19,21H,1-5,10-12H2,(H,20,22). The second-order valence-electron chi connectivity index (χ2n) is 6.65. The summed E-state index contributed by atoms with van der Waals surface area (Å²) >= 11 is 0. The summed E-state index contributed by atoms with van der Waals surface area (Å²) in [6.07, 6.45) is 6.21. The van der Waals surface area contributed by atoms with Gasteiger partial charge in [0, 0.05) is 31.1 Å². The van der Waals surface area contributed by atoms with Crippen molar-refractivity contribution in [2.24, 2.45) is 5.92 Å². The molecule has 1 amide bonds. The van der Waals surface area contributed by atoms with Crippen LogP contribution in [0, 0.1) is 5.92 Å². The number of amides is 1. The smallest absolute Gasteiger partial charge is 0.251 e. The number of benzene rings is 1. The quantitative estimate of drug-likeness (QED) is 0.797. The Morgan fingerprint density at radius 1 is 1.14 bits per heavy atom. The molecule has 4 nitrogen and oxygen atoms in total. The van der Waals surface area contributed by atoms with Crippen LogP contribution in [0.5, 0.6) is 0 Å². The van der Waals surface area contributed by atoms with Crippen LogP contribution in [0.1, 0.15) is 53.9 Å². The fraction of sp³-hybridized carbons (Fsp3) is 0.611. The second-order valence-corrected chi connectivity index (χ2v) is 6.65. The molecule has 2 fully saturated rings. The van der Waals surface area contributed by atoms with Gasteiger partial charge in [0.2, 0.25) is 0 Å². The molecule has 1 aromatic rings. The molecule has 22 heavy (non-hydrogen) atoms. The molecule has 4 heteroatoms. The number of carbonyl (C=O) groups excluding carboxylic acids is 1. The summed E-state index contributed by atoms with van der Waals surface area (Å²) in [5.41, 5.74) is 2.08. The lowest BCUT2D eigenvalue weighted by molar-refractivity contribution is 0.0927. The zero-order chi connectivity index (χ0) is 15.4. The summed E-state index contributed by atoms with van der Waals surface area (Å²) in [4.78, 5) is 12.2. The average Bonchev–Trinajstić information content (AvgIpc) is 2.99. The molecule has 120 valence electrons. The topological polar surface area (TPSA) is 61.4 Å². The highest BCUT2D eigenvalue weighted by atomic mass is 16.3. The van der Waals surface area contributed by atoms with Crippen molar-refractivity contribution in [3.05, 3.63) is 35.4 Å². The van der Waals surface area contributed by atoms with Gasteiger partial charge in [0.25, 0.3) is 5.91 Å². The van der Waals surface area contributed by atoms with Gasteiger partial charge in [-0.25, -0.2) is 0 Å². The number of carbonyl (C=O) groups is 1. The van der Waals surface area contributed by atoms with Crippen molar-refractivity contribution in [2.45, 2.75) is 44.1 Å². The first-order valence-corrected chi connectivity index (χ1v) is 8.51. The molecule has 1 aliphatic carbocycles. The van der Waals surface area contributed by atoms with Gasteiger partial charge in [0.05, 0.1) is 6.10 Å². The average molecular weight is 302 g/mol. The largest absolute Gasteiger partial charge is 0.391 e. The molecule has 0 spiro atoms. The number of β-amino-alcohol motifs (C(OH)–C–C–N with tert-alkyl or cyclic N) is 1. The minimum atomic E-state index is -0.353. The predicted molar refractivity (Wildman–Crippen MR) is 87.0 cm³/mol. The Morgan fingerprint density at radius 2 is 1.86 bits per heavy atom. The van der Waals surface area contributed by atoms with Crippen LogP contribution in [0.4, 0.5) is 0 Å². The predicted octanol–water partition coefficient (Wildman–Crippen LogP) is 2.04. The second kappa shape index (κ2) is 7.25. The Kier molecular flexibility index (Phi) is 5.11. The lowest BCUT2D eigenvalue weighted by Gasteiger charge is -2.22. The normalized spacial score (nSPS) is 26.0. The van der Waals surface area contributed by atoms with E-state index in [0.717, 1.165) is 6.54 Å². The van der Waals surface area contributed by atoms with E-state index >= 15 is 0 Å². The molecular formula is C18H26N2O2. The van der Waals surface area contributed by atoms with Crippen LogP contribution in [-0.2, 0) is 0 Å². The SMILES string of the molecule is O=C(NCC1CNCC1O)c1ccc(C2CCCCC2)cc1. The van der Waals surface area contributed by atoms with Crippen molar-refractivity contribution < 1.29 is 9.90 Å². The monoisotopic (exact) mass is 302 g/mol. The zero-order valence-electron chi connectivity index (χ0n) is 13.1. The van der Waals surface area contributed by atoms with E-state index in [9.17, 15) is 9.90 Å². The fourth-order valence-electron chi connectivity index (χ4n) is 3.60. The molecule has 1 saturated heterocycles. The van der Waals surface area contributed by atoms with Crippen molar-refractivity contribution in [3.8, 4) is 0 Å². The molecule has 0 aromatic heterocycles. The van der Waals surface area contributed by atoms with E-state index in [0.29, 0.717) is 24.6 Å². The number of nitrogens with one attached hydrogen (secondary N) is 2. The summed E-state index contributed by atoms with van der Waals surface area (Å²) in [5, 5.41) is 15.8. The first-order chi connectivity index (χ1) is 10.7. The maximum Gasteiger partial charge on any atom is 0.251 e. The molecule has 2 aliphatic rings. The third kappa shape index (κ3) is 3.68. The molecule has 1 saturated carbocycles. The molecule has 3 rings (SSSR count). The van der Waals surface area contributed by atoms with Crippen LogP contribution in [0.3, 0.4) is 0 Å². The molecule has 2 atom stereocenters. The van der Waals surface area contributed by atoms with E-state index in [1.165, 1.54) is 37.7 Å². The van der Waals surface area contributed by atoms with E-state index in [4.69, 9.17) is 0 Å². The Bertz CT molecular complexity index is 494. The summed E-state index contributed by atoms with van der Waals surface area (Å²) in [6, 6.07) is 8.08. The Balaban J connectivity index is 1.54. The lowest BCUT2D eigenvalue weighted by Crippen LogP contribution is -2.34. The third-order valence-corrected chi connectivity index (χ3v) is 5.08. The van der Waals surface area contributed by atoms with Gasteiger partial charge < -0.3 is 15.7 Å². The molecule has 0 bridgehead atoms. The van der Waals surface area contributed by atoms with Gasteiger partial charge in [-0.15, -0.1) is 0 Å². The van der Waals surface area contributed by atoms with Crippen LogP contribution < -0.4 is 10.6 Å². The maximum absolute atomic E-state index is 12.2. The van der Waals surface area contributed by atoms with Crippen LogP contribution >= 0.6 is 0 Å². The van der Waals surface area contributed by atoms with Crippen molar-refractivity contribution in [1.29, 1.82) is 0 Å². The first-order valence-electron chi connectivity index (χ1n) is 8.51. The fourth-order valence-corrected chi connectivity index (χ4v) is 3.60. The van der Waals surface area contributed by atoms with Gasteiger partial charge in [0.1, 0.15) is 0 Å². The molecule has 0 radical (unpaired) electrons. The lowest BCUT2D eigenvalue weighted by atomic mass is 9.84. The van der Waals surface area contributed by atoms with Crippen molar-refractivity contribution in [3.63, 3.8) is 0 Å². The number of hydrogen-bond acceptors (Lipinski definition) is 3. The van der Waals surface area contributed by atoms with Crippen molar-refractivity contribution in [1.82, 2.24) is 10.6 Å². The van der Waals surface area contributed by atoms with E-state index in [1.54, 1.807) is 0 Å². The highest BCUT2D eigenvalue weighted by molar-refractivity contribution is 5.94. The number of hydrogen-bond donors (Lipinski definition) is 3. The summed E-state index contributed by atoms with van der Waals surface area (Å²) in [6.45, 7) is 1.91. The summed E-state index contributed by atoms with van der Waals surface area (Å²) in [5.74, 6) is 0.741. The van der Waals surface area contributed by atoms with Gasteiger partial charge >= 0.3 is 0 Å². The molecule has 2 unspecified atom stereocenters. The maximum atomic E-state index is 12.2. The number of rotatable bonds is 4. The van der Waals surface area contributed by atoms with Gasteiger partial charge in [-0.3, -0.25) is 4.79 Å². The van der Waals surface area contributed by atoms with E-state index < -0.39 is 0 Å². The van der Waals surface area contributed by atoms with E-state index in [-0.39, 0.29) is 17.9 Å². The zero-order valence-corrected chi connectivity index (χ0v) is 13.1. The molecule has 3 N–H and O–H groups in total. The van der Waals surface area contributed by atoms with Crippen LogP contribution in [0.2, 0.25) is 0 Å². The highest BCUT2D eigenvalue weighted by Gasteiger charge is 2.25. The van der Waals surface area contributed by atoms with Crippen LogP contribution in [0.15, 0.2) is 24.3 Å². The Morgan fingerprint density at radius 3 is 2.50 bits per heavy atom. The molecule has 1 aliphatic heterocycles. The Labute approximate surface area is 132 Å². The first kappa shape index (κ1) is 15.5. The molecule has 1 heterocycles. The van der Waals surface area contributed by atoms with Gasteiger partial charge in [0.15, 0.2) is 0 Å². The summed E-state index contributed by atoms with van der Waals surface area (Å²) < 4.78 is 0. The van der Waals surface area contributed by atoms with Gasteiger partial charge in [-0.05, 0) is 36.5 Å². The van der Waals surface area contributed by atoms with Gasteiger partial charge in [-0.1, -0.05) is 31.4 Å². The minimum Gasteiger partial charge on any atom is -0.391 e. The van der Waals surface area contributed by atoms with Crippen molar-refractivity contribution in [2.75, 3.05) is 19.6 Å². The third-order valence-electron chi connectivity index (χ3n) is 5.08. The van der Waals surface area contributed by atoms with Crippen molar-refractivity contribution >= 4 is 5.91 Å². The molecule has 1 aromatic carbocycles. The van der Waals surface area contributed by atoms with Gasteiger partial charge in [-0.2, -0.15) is 0 Å². The van der Waals surface area contributed by atoms with E-state index in [1.807, 2.05) is 12.1 Å². The van der Waals surface area contributed by atoms with Crippen LogP contribution in [-0.4, -0.2) is 36.8 Å².